The number of rotatable bonds is 2. The van der Waals surface area contributed by atoms with Crippen molar-refractivity contribution in [1.82, 2.24) is 0 Å². The maximum atomic E-state index is 13.1. The molecule has 1 rings (SSSR count). The standard InChI is InChI=1S/C10H9Cl2FO2.C2H6/c1-5(15-6(2)14)9-7(11)3-4-8(13)10(9)12;1-2/h3-5H,1-2H3;1-2H3. The number of hydrogen-bond acceptors (Lipinski definition) is 2. The van der Waals surface area contributed by atoms with Gasteiger partial charge in [0.05, 0.1) is 5.02 Å². The van der Waals surface area contributed by atoms with Crippen LogP contribution >= 0.6 is 23.2 Å². The van der Waals surface area contributed by atoms with Crippen molar-refractivity contribution >= 4 is 29.2 Å². The number of benzene rings is 1. The molecule has 0 N–H and O–H groups in total. The van der Waals surface area contributed by atoms with Gasteiger partial charge in [-0.3, -0.25) is 4.79 Å². The molecule has 0 aliphatic rings. The summed E-state index contributed by atoms with van der Waals surface area (Å²) in [4.78, 5) is 10.7. The highest BCUT2D eigenvalue weighted by Gasteiger charge is 2.18. The van der Waals surface area contributed by atoms with Gasteiger partial charge >= 0.3 is 5.97 Å². The van der Waals surface area contributed by atoms with Gasteiger partial charge in [-0.15, -0.1) is 0 Å². The number of esters is 1. The molecule has 0 fully saturated rings. The summed E-state index contributed by atoms with van der Waals surface area (Å²) in [6.07, 6.45) is -0.668. The highest BCUT2D eigenvalue weighted by Crippen LogP contribution is 2.33. The summed E-state index contributed by atoms with van der Waals surface area (Å²) in [5.41, 5.74) is 0.286. The van der Waals surface area contributed by atoms with E-state index in [1.54, 1.807) is 6.92 Å². The van der Waals surface area contributed by atoms with Crippen molar-refractivity contribution in [1.29, 1.82) is 0 Å². The van der Waals surface area contributed by atoms with Crippen LogP contribution in [0.4, 0.5) is 4.39 Å². The number of hydrogen-bond donors (Lipinski definition) is 0. The average Bonchev–Trinajstić information content (AvgIpc) is 2.26. The maximum Gasteiger partial charge on any atom is 0.303 e. The van der Waals surface area contributed by atoms with Crippen LogP contribution < -0.4 is 0 Å². The van der Waals surface area contributed by atoms with E-state index >= 15 is 0 Å². The third-order valence-corrected chi connectivity index (χ3v) is 2.54. The first kappa shape index (κ1) is 16.2. The second-order valence-corrected chi connectivity index (χ2v) is 3.79. The van der Waals surface area contributed by atoms with Crippen molar-refractivity contribution in [3.63, 3.8) is 0 Å². The summed E-state index contributed by atoms with van der Waals surface area (Å²) in [7, 11) is 0. The second-order valence-electron chi connectivity index (χ2n) is 3.01. The van der Waals surface area contributed by atoms with Gasteiger partial charge in [-0.05, 0) is 19.1 Å². The van der Waals surface area contributed by atoms with Gasteiger partial charge in [0.2, 0.25) is 0 Å². The highest BCUT2D eigenvalue weighted by atomic mass is 35.5. The van der Waals surface area contributed by atoms with Gasteiger partial charge in [-0.2, -0.15) is 0 Å². The summed E-state index contributed by atoms with van der Waals surface area (Å²) in [6.45, 7) is 6.84. The average molecular weight is 281 g/mol. The smallest absolute Gasteiger partial charge is 0.303 e. The Labute approximate surface area is 111 Å². The molecule has 17 heavy (non-hydrogen) atoms. The van der Waals surface area contributed by atoms with Crippen LogP contribution in [0.15, 0.2) is 12.1 Å². The van der Waals surface area contributed by atoms with Crippen molar-refractivity contribution in [3.8, 4) is 0 Å². The highest BCUT2D eigenvalue weighted by molar-refractivity contribution is 6.36. The summed E-state index contributed by atoms with van der Waals surface area (Å²) >= 11 is 11.6. The molecular formula is C12H15Cl2FO2. The van der Waals surface area contributed by atoms with Crippen LogP contribution in [-0.2, 0) is 9.53 Å². The number of carbonyl (C=O) groups is 1. The van der Waals surface area contributed by atoms with E-state index in [0.29, 0.717) is 0 Å². The van der Waals surface area contributed by atoms with Crippen molar-refractivity contribution in [3.05, 3.63) is 33.6 Å². The van der Waals surface area contributed by atoms with Crippen molar-refractivity contribution in [2.24, 2.45) is 0 Å². The van der Waals surface area contributed by atoms with Gasteiger partial charge in [-0.1, -0.05) is 37.0 Å². The zero-order valence-electron chi connectivity index (χ0n) is 10.2. The fourth-order valence-electron chi connectivity index (χ4n) is 1.22. The molecule has 0 aromatic heterocycles. The summed E-state index contributed by atoms with van der Waals surface area (Å²) in [6, 6.07) is 2.53. The lowest BCUT2D eigenvalue weighted by Gasteiger charge is -2.15. The Bertz CT molecular complexity index is 394. The molecule has 1 atom stereocenters. The fourth-order valence-corrected chi connectivity index (χ4v) is 1.90. The predicted octanol–water partition coefficient (Wildman–Crippen LogP) is 4.78. The Morgan fingerprint density at radius 3 is 2.35 bits per heavy atom. The number of halogens is 3. The SMILES string of the molecule is CC.CC(=O)OC(C)c1c(Cl)ccc(F)c1Cl. The van der Waals surface area contributed by atoms with Crippen LogP contribution in [0, 0.1) is 5.82 Å². The van der Waals surface area contributed by atoms with Gasteiger partial charge in [0, 0.05) is 17.5 Å². The number of carbonyl (C=O) groups excluding carboxylic acids is 1. The lowest BCUT2D eigenvalue weighted by atomic mass is 10.1. The zero-order chi connectivity index (χ0) is 13.6. The Kier molecular flexibility index (Phi) is 7.16. The third-order valence-electron chi connectivity index (χ3n) is 1.83. The topological polar surface area (TPSA) is 26.3 Å². The molecule has 0 amide bonds. The van der Waals surface area contributed by atoms with Gasteiger partial charge in [0.25, 0.3) is 0 Å². The van der Waals surface area contributed by atoms with Crippen LogP contribution in [-0.4, -0.2) is 5.97 Å². The van der Waals surface area contributed by atoms with Crippen LogP contribution in [0.25, 0.3) is 0 Å². The molecule has 0 aliphatic carbocycles. The minimum atomic E-state index is -0.668. The summed E-state index contributed by atoms with van der Waals surface area (Å²) in [5, 5.41) is 0.159. The van der Waals surface area contributed by atoms with E-state index in [1.807, 2.05) is 13.8 Å². The third kappa shape index (κ3) is 4.52. The molecule has 0 radical (unpaired) electrons. The summed E-state index contributed by atoms with van der Waals surface area (Å²) in [5.74, 6) is -1.06. The first-order valence-corrected chi connectivity index (χ1v) is 5.99. The molecule has 1 aromatic carbocycles. The lowest BCUT2D eigenvalue weighted by molar-refractivity contribution is -0.145. The predicted molar refractivity (Wildman–Crippen MR) is 67.9 cm³/mol. The molecule has 1 unspecified atom stereocenters. The van der Waals surface area contributed by atoms with Crippen molar-refractivity contribution < 1.29 is 13.9 Å². The van der Waals surface area contributed by atoms with Crippen molar-refractivity contribution in [2.45, 2.75) is 33.8 Å². The van der Waals surface area contributed by atoms with Crippen molar-refractivity contribution in [2.75, 3.05) is 0 Å². The Hall–Kier alpha value is -0.800. The summed E-state index contributed by atoms with van der Waals surface area (Å²) < 4.78 is 18.0. The van der Waals surface area contributed by atoms with Crippen LogP contribution in [0.5, 0.6) is 0 Å². The normalized spacial score (nSPS) is 11.2. The van der Waals surface area contributed by atoms with Crippen LogP contribution in [0.3, 0.4) is 0 Å². The molecule has 0 saturated carbocycles. The lowest BCUT2D eigenvalue weighted by Crippen LogP contribution is -2.06. The quantitative estimate of drug-likeness (QED) is 0.576. The zero-order valence-corrected chi connectivity index (χ0v) is 11.7. The molecule has 2 nitrogen and oxygen atoms in total. The molecule has 0 bridgehead atoms. The van der Waals surface area contributed by atoms with E-state index in [9.17, 15) is 9.18 Å². The minimum absolute atomic E-state index is 0.115. The largest absolute Gasteiger partial charge is 0.458 e. The first-order valence-electron chi connectivity index (χ1n) is 5.24. The Morgan fingerprint density at radius 1 is 1.35 bits per heavy atom. The monoisotopic (exact) mass is 280 g/mol. The molecule has 96 valence electrons. The maximum absolute atomic E-state index is 13.1. The molecule has 0 saturated heterocycles. The van der Waals surface area contributed by atoms with Crippen LogP contribution in [0.2, 0.25) is 10.0 Å². The molecule has 0 aliphatic heterocycles. The molecule has 0 spiro atoms. The van der Waals surface area contributed by atoms with E-state index in [1.165, 1.54) is 13.0 Å². The van der Waals surface area contributed by atoms with E-state index in [0.717, 1.165) is 6.07 Å². The van der Waals surface area contributed by atoms with E-state index in [-0.39, 0.29) is 15.6 Å². The van der Waals surface area contributed by atoms with Gasteiger partial charge in [0.15, 0.2) is 0 Å². The fraction of sp³-hybridized carbons (Fsp3) is 0.417. The molecule has 0 heterocycles. The van der Waals surface area contributed by atoms with Gasteiger partial charge in [0.1, 0.15) is 11.9 Å². The molecule has 5 heteroatoms. The van der Waals surface area contributed by atoms with Gasteiger partial charge in [-0.25, -0.2) is 4.39 Å². The second kappa shape index (κ2) is 7.51. The van der Waals surface area contributed by atoms with Gasteiger partial charge < -0.3 is 4.74 Å². The van der Waals surface area contributed by atoms with E-state index in [2.05, 4.69) is 0 Å². The molecular weight excluding hydrogens is 266 g/mol. The minimum Gasteiger partial charge on any atom is -0.458 e. The van der Waals surface area contributed by atoms with E-state index < -0.39 is 17.9 Å². The first-order chi connectivity index (χ1) is 7.93. The number of ether oxygens (including phenoxy) is 1. The van der Waals surface area contributed by atoms with E-state index in [4.69, 9.17) is 27.9 Å². The Balaban J connectivity index is 0.00000121. The van der Waals surface area contributed by atoms with Crippen LogP contribution in [0.1, 0.15) is 39.4 Å². The molecule has 1 aromatic rings. The Morgan fingerprint density at radius 2 is 1.88 bits per heavy atom.